The molecule has 3 aliphatic rings. The van der Waals surface area contributed by atoms with Gasteiger partial charge in [-0.3, -0.25) is 0 Å². The van der Waals surface area contributed by atoms with Gasteiger partial charge in [0.05, 0.1) is 13.2 Å². The van der Waals surface area contributed by atoms with Gasteiger partial charge in [-0.1, -0.05) is 19.3 Å². The average Bonchev–Trinajstić information content (AvgIpc) is 2.52. The van der Waals surface area contributed by atoms with Gasteiger partial charge in [0.25, 0.3) is 0 Å². The van der Waals surface area contributed by atoms with Gasteiger partial charge in [0.15, 0.2) is 0 Å². The van der Waals surface area contributed by atoms with Crippen molar-refractivity contribution in [1.82, 2.24) is 4.90 Å². The SMILES string of the molecule is OCC1(CN2CCC3(CCCCC3)CC2)CCCOC1. The first kappa shape index (κ1) is 14.8. The van der Waals surface area contributed by atoms with E-state index in [1.54, 1.807) is 0 Å². The zero-order chi connectivity index (χ0) is 13.9. The summed E-state index contributed by atoms with van der Waals surface area (Å²) in [6.07, 6.45) is 12.3. The first-order chi connectivity index (χ1) is 9.76. The molecule has 1 saturated carbocycles. The van der Waals surface area contributed by atoms with E-state index in [0.29, 0.717) is 5.41 Å². The third kappa shape index (κ3) is 3.20. The fourth-order valence-corrected chi connectivity index (χ4v) is 4.67. The van der Waals surface area contributed by atoms with E-state index in [-0.39, 0.29) is 12.0 Å². The van der Waals surface area contributed by atoms with Crippen LogP contribution in [-0.4, -0.2) is 49.5 Å². The molecular formula is C17H31NO2. The standard InChI is InChI=1S/C17H31NO2/c19-14-17(7-4-12-20-15-17)13-18-10-8-16(9-11-18)5-2-1-3-6-16/h19H,1-15H2. The van der Waals surface area contributed by atoms with Crippen molar-refractivity contribution in [3.63, 3.8) is 0 Å². The van der Waals surface area contributed by atoms with E-state index in [0.717, 1.165) is 32.6 Å². The Morgan fingerprint density at radius 3 is 2.25 bits per heavy atom. The number of rotatable bonds is 3. The highest BCUT2D eigenvalue weighted by atomic mass is 16.5. The Labute approximate surface area is 123 Å². The highest BCUT2D eigenvalue weighted by molar-refractivity contribution is 4.91. The monoisotopic (exact) mass is 281 g/mol. The van der Waals surface area contributed by atoms with Crippen molar-refractivity contribution >= 4 is 0 Å². The van der Waals surface area contributed by atoms with Crippen LogP contribution in [0.4, 0.5) is 0 Å². The molecule has 0 aromatic carbocycles. The predicted molar refractivity (Wildman–Crippen MR) is 80.8 cm³/mol. The van der Waals surface area contributed by atoms with Crippen LogP contribution in [-0.2, 0) is 4.74 Å². The summed E-state index contributed by atoms with van der Waals surface area (Å²) in [5, 5.41) is 9.81. The molecule has 2 saturated heterocycles. The van der Waals surface area contributed by atoms with Crippen molar-refractivity contribution in [2.45, 2.75) is 57.8 Å². The molecule has 3 rings (SSSR count). The lowest BCUT2D eigenvalue weighted by atomic mass is 9.68. The summed E-state index contributed by atoms with van der Waals surface area (Å²) in [5.74, 6) is 0. The van der Waals surface area contributed by atoms with Crippen LogP contribution >= 0.6 is 0 Å². The molecule has 1 spiro atoms. The maximum Gasteiger partial charge on any atom is 0.0556 e. The Balaban J connectivity index is 1.52. The number of hydrogen-bond acceptors (Lipinski definition) is 3. The summed E-state index contributed by atoms with van der Waals surface area (Å²) in [4.78, 5) is 2.60. The number of hydrogen-bond donors (Lipinski definition) is 1. The van der Waals surface area contributed by atoms with Crippen LogP contribution in [0.5, 0.6) is 0 Å². The third-order valence-electron chi connectivity index (χ3n) is 6.13. The highest BCUT2D eigenvalue weighted by Gasteiger charge is 2.39. The Morgan fingerprint density at radius 2 is 1.65 bits per heavy atom. The van der Waals surface area contributed by atoms with Crippen LogP contribution in [0, 0.1) is 10.8 Å². The van der Waals surface area contributed by atoms with Crippen molar-refractivity contribution in [3.05, 3.63) is 0 Å². The van der Waals surface area contributed by atoms with Crippen LogP contribution in [0.2, 0.25) is 0 Å². The van der Waals surface area contributed by atoms with E-state index in [2.05, 4.69) is 4.90 Å². The normalized spacial score (nSPS) is 35.2. The fourth-order valence-electron chi connectivity index (χ4n) is 4.67. The molecule has 3 fully saturated rings. The van der Waals surface area contributed by atoms with E-state index in [4.69, 9.17) is 4.74 Å². The van der Waals surface area contributed by atoms with Gasteiger partial charge >= 0.3 is 0 Å². The molecule has 1 unspecified atom stereocenters. The molecule has 2 aliphatic heterocycles. The van der Waals surface area contributed by atoms with Gasteiger partial charge in [0.1, 0.15) is 0 Å². The van der Waals surface area contributed by atoms with Crippen LogP contribution < -0.4 is 0 Å². The first-order valence-electron chi connectivity index (χ1n) is 8.67. The molecule has 0 aromatic rings. The van der Waals surface area contributed by atoms with Crippen molar-refractivity contribution in [2.24, 2.45) is 10.8 Å². The largest absolute Gasteiger partial charge is 0.396 e. The van der Waals surface area contributed by atoms with E-state index in [1.165, 1.54) is 58.0 Å². The Hall–Kier alpha value is -0.120. The van der Waals surface area contributed by atoms with Crippen molar-refractivity contribution in [1.29, 1.82) is 0 Å². The second kappa shape index (κ2) is 6.33. The molecule has 20 heavy (non-hydrogen) atoms. The molecular weight excluding hydrogens is 250 g/mol. The quantitative estimate of drug-likeness (QED) is 0.863. The van der Waals surface area contributed by atoms with Gasteiger partial charge in [0, 0.05) is 18.6 Å². The lowest BCUT2D eigenvalue weighted by Crippen LogP contribution is -2.49. The summed E-state index contributed by atoms with van der Waals surface area (Å²) in [6.45, 7) is 5.44. The minimum atomic E-state index is 0.0231. The lowest BCUT2D eigenvalue weighted by molar-refractivity contribution is -0.0641. The molecule has 116 valence electrons. The number of aliphatic hydroxyl groups is 1. The third-order valence-corrected chi connectivity index (χ3v) is 6.13. The molecule has 3 nitrogen and oxygen atoms in total. The molecule has 0 radical (unpaired) electrons. The Kier molecular flexibility index (Phi) is 4.68. The van der Waals surface area contributed by atoms with Gasteiger partial charge in [-0.05, 0) is 57.0 Å². The van der Waals surface area contributed by atoms with Crippen molar-refractivity contribution in [3.8, 4) is 0 Å². The molecule has 1 N–H and O–H groups in total. The molecule has 1 aliphatic carbocycles. The second-order valence-corrected chi connectivity index (χ2v) is 7.65. The zero-order valence-electron chi connectivity index (χ0n) is 12.9. The van der Waals surface area contributed by atoms with E-state index < -0.39 is 0 Å². The smallest absolute Gasteiger partial charge is 0.0556 e. The van der Waals surface area contributed by atoms with E-state index in [1.807, 2.05) is 0 Å². The summed E-state index contributed by atoms with van der Waals surface area (Å²) >= 11 is 0. The average molecular weight is 281 g/mol. The number of likely N-dealkylation sites (tertiary alicyclic amines) is 1. The summed E-state index contributed by atoms with van der Waals surface area (Å²) in [6, 6.07) is 0. The Bertz CT molecular complexity index is 296. The maximum atomic E-state index is 9.81. The van der Waals surface area contributed by atoms with Crippen LogP contribution in [0.25, 0.3) is 0 Å². The summed E-state index contributed by atoms with van der Waals surface area (Å²) < 4.78 is 5.64. The highest BCUT2D eigenvalue weighted by Crippen LogP contribution is 2.45. The van der Waals surface area contributed by atoms with Crippen LogP contribution in [0.1, 0.15) is 57.8 Å². The molecule has 1 atom stereocenters. The van der Waals surface area contributed by atoms with Gasteiger partial charge in [0.2, 0.25) is 0 Å². The number of nitrogens with zero attached hydrogens (tertiary/aromatic N) is 1. The van der Waals surface area contributed by atoms with E-state index >= 15 is 0 Å². The number of piperidine rings is 1. The molecule has 0 aromatic heterocycles. The van der Waals surface area contributed by atoms with Gasteiger partial charge < -0.3 is 14.7 Å². The van der Waals surface area contributed by atoms with Gasteiger partial charge in [-0.25, -0.2) is 0 Å². The lowest BCUT2D eigenvalue weighted by Gasteiger charge is -2.47. The maximum absolute atomic E-state index is 9.81. The van der Waals surface area contributed by atoms with Crippen molar-refractivity contribution < 1.29 is 9.84 Å². The Morgan fingerprint density at radius 1 is 0.900 bits per heavy atom. The van der Waals surface area contributed by atoms with Crippen LogP contribution in [0.3, 0.4) is 0 Å². The number of ether oxygens (including phenoxy) is 1. The summed E-state index contributed by atoms with van der Waals surface area (Å²) in [7, 11) is 0. The molecule has 0 bridgehead atoms. The molecule has 0 amide bonds. The van der Waals surface area contributed by atoms with Crippen molar-refractivity contribution in [2.75, 3.05) is 39.5 Å². The number of aliphatic hydroxyl groups excluding tert-OH is 1. The second-order valence-electron chi connectivity index (χ2n) is 7.65. The molecule has 3 heteroatoms. The zero-order valence-corrected chi connectivity index (χ0v) is 12.9. The van der Waals surface area contributed by atoms with E-state index in [9.17, 15) is 5.11 Å². The van der Waals surface area contributed by atoms with Gasteiger partial charge in [-0.2, -0.15) is 0 Å². The first-order valence-corrected chi connectivity index (χ1v) is 8.67. The van der Waals surface area contributed by atoms with Gasteiger partial charge in [-0.15, -0.1) is 0 Å². The predicted octanol–water partition coefficient (Wildman–Crippen LogP) is 2.82. The minimum Gasteiger partial charge on any atom is -0.396 e. The van der Waals surface area contributed by atoms with Crippen LogP contribution in [0.15, 0.2) is 0 Å². The fraction of sp³-hybridized carbons (Fsp3) is 1.00. The minimum absolute atomic E-state index is 0.0231. The topological polar surface area (TPSA) is 32.7 Å². The molecule has 2 heterocycles. The summed E-state index contributed by atoms with van der Waals surface area (Å²) in [5.41, 5.74) is 0.708.